The number of aryl methyl sites for hydroxylation is 1. The maximum atomic E-state index is 11.8. The van der Waals surface area contributed by atoms with Crippen LogP contribution in [0, 0.1) is 6.92 Å². The van der Waals surface area contributed by atoms with Gasteiger partial charge in [0.15, 0.2) is 0 Å². The van der Waals surface area contributed by atoms with E-state index in [-0.39, 0.29) is 5.97 Å². The van der Waals surface area contributed by atoms with E-state index in [9.17, 15) is 4.79 Å². The van der Waals surface area contributed by atoms with Crippen molar-refractivity contribution < 1.29 is 9.53 Å². The van der Waals surface area contributed by atoms with Crippen molar-refractivity contribution in [3.8, 4) is 5.75 Å². The Labute approximate surface area is 108 Å². The molecule has 3 heteroatoms. The molecule has 2 aromatic carbocycles. The number of rotatable bonds is 2. The minimum absolute atomic E-state index is 0.337. The van der Waals surface area contributed by atoms with Crippen molar-refractivity contribution in [3.63, 3.8) is 0 Å². The van der Waals surface area contributed by atoms with E-state index in [0.29, 0.717) is 11.3 Å². The summed E-state index contributed by atoms with van der Waals surface area (Å²) in [6, 6.07) is 14.5. The first kappa shape index (κ1) is 11.9. The number of carbonyl (C=O) groups excluding carboxylic acids is 1. The first-order valence-electron chi connectivity index (χ1n) is 5.20. The molecule has 0 saturated carbocycles. The largest absolute Gasteiger partial charge is 0.423 e. The monoisotopic (exact) mass is 290 g/mol. The molecule has 2 aromatic rings. The van der Waals surface area contributed by atoms with Crippen LogP contribution in [0.5, 0.6) is 5.75 Å². The van der Waals surface area contributed by atoms with E-state index in [0.717, 1.165) is 10.0 Å². The van der Waals surface area contributed by atoms with Crippen LogP contribution in [-0.2, 0) is 0 Å². The van der Waals surface area contributed by atoms with Crippen molar-refractivity contribution in [3.05, 3.63) is 64.1 Å². The number of carbonyl (C=O) groups is 1. The molecule has 0 aliphatic rings. The normalized spacial score (nSPS) is 10.0. The Morgan fingerprint density at radius 1 is 1.12 bits per heavy atom. The Bertz CT molecular complexity index is 535. The van der Waals surface area contributed by atoms with Crippen molar-refractivity contribution in [2.45, 2.75) is 6.92 Å². The topological polar surface area (TPSA) is 26.3 Å². The van der Waals surface area contributed by atoms with Crippen molar-refractivity contribution in [1.29, 1.82) is 0 Å². The Balaban J connectivity index is 2.19. The highest BCUT2D eigenvalue weighted by molar-refractivity contribution is 9.10. The van der Waals surface area contributed by atoms with E-state index < -0.39 is 0 Å². The van der Waals surface area contributed by atoms with Crippen molar-refractivity contribution in [1.82, 2.24) is 0 Å². The summed E-state index contributed by atoms with van der Waals surface area (Å²) in [4.78, 5) is 11.8. The molecule has 0 aromatic heterocycles. The zero-order valence-electron chi connectivity index (χ0n) is 9.31. The Kier molecular flexibility index (Phi) is 3.59. The average molecular weight is 291 g/mol. The lowest BCUT2D eigenvalue weighted by Crippen LogP contribution is -2.08. The summed E-state index contributed by atoms with van der Waals surface area (Å²) in [6.07, 6.45) is 0. The minimum atomic E-state index is -0.337. The van der Waals surface area contributed by atoms with E-state index in [1.807, 2.05) is 37.3 Å². The lowest BCUT2D eigenvalue weighted by Gasteiger charge is -2.07. The fraction of sp³-hybridized carbons (Fsp3) is 0.0714. The molecule has 0 aliphatic heterocycles. The third kappa shape index (κ3) is 2.94. The number of esters is 1. The molecule has 0 bridgehead atoms. The van der Waals surface area contributed by atoms with Crippen molar-refractivity contribution >= 4 is 21.9 Å². The fourth-order valence-corrected chi connectivity index (χ4v) is 1.94. The van der Waals surface area contributed by atoms with E-state index >= 15 is 0 Å². The molecule has 0 atom stereocenters. The summed E-state index contributed by atoms with van der Waals surface area (Å²) >= 11 is 3.37. The van der Waals surface area contributed by atoms with Gasteiger partial charge in [-0.25, -0.2) is 4.79 Å². The molecule has 86 valence electrons. The molecule has 2 nitrogen and oxygen atoms in total. The van der Waals surface area contributed by atoms with E-state index in [1.54, 1.807) is 18.2 Å². The molecular formula is C14H11BrO2. The van der Waals surface area contributed by atoms with E-state index in [2.05, 4.69) is 15.9 Å². The summed E-state index contributed by atoms with van der Waals surface area (Å²) in [5.41, 5.74) is 1.47. The summed E-state index contributed by atoms with van der Waals surface area (Å²) in [5.74, 6) is 0.248. The van der Waals surface area contributed by atoms with E-state index in [1.165, 1.54) is 0 Å². The second-order valence-electron chi connectivity index (χ2n) is 3.67. The van der Waals surface area contributed by atoms with Crippen LogP contribution in [0.3, 0.4) is 0 Å². The minimum Gasteiger partial charge on any atom is -0.423 e. The smallest absolute Gasteiger partial charge is 0.343 e. The third-order valence-corrected chi connectivity index (χ3v) is 2.84. The van der Waals surface area contributed by atoms with Crippen LogP contribution in [0.2, 0.25) is 0 Å². The maximum Gasteiger partial charge on any atom is 0.343 e. The molecule has 0 fully saturated rings. The molecule has 0 radical (unpaired) electrons. The predicted molar refractivity (Wildman–Crippen MR) is 70.3 cm³/mol. The van der Waals surface area contributed by atoms with Gasteiger partial charge in [0.1, 0.15) is 5.75 Å². The SMILES string of the molecule is Cc1cc(Br)ccc1OC(=O)c1ccccc1. The summed E-state index contributed by atoms with van der Waals surface area (Å²) < 4.78 is 6.29. The predicted octanol–water partition coefficient (Wildman–Crippen LogP) is 3.98. The molecule has 0 spiro atoms. The maximum absolute atomic E-state index is 11.8. The van der Waals surface area contributed by atoms with Gasteiger partial charge in [-0.1, -0.05) is 34.1 Å². The molecule has 0 heterocycles. The van der Waals surface area contributed by atoms with Gasteiger partial charge in [0.25, 0.3) is 0 Å². The zero-order chi connectivity index (χ0) is 12.3. The number of halogens is 1. The van der Waals surface area contributed by atoms with Crippen LogP contribution in [0.4, 0.5) is 0 Å². The Morgan fingerprint density at radius 3 is 2.47 bits per heavy atom. The molecule has 0 saturated heterocycles. The highest BCUT2D eigenvalue weighted by atomic mass is 79.9. The first-order valence-corrected chi connectivity index (χ1v) is 5.99. The molecule has 0 N–H and O–H groups in total. The van der Waals surface area contributed by atoms with Gasteiger partial charge in [-0.15, -0.1) is 0 Å². The average Bonchev–Trinajstić information content (AvgIpc) is 2.34. The van der Waals surface area contributed by atoms with Crippen LogP contribution < -0.4 is 4.74 Å². The Hall–Kier alpha value is -1.61. The third-order valence-electron chi connectivity index (χ3n) is 2.35. The molecule has 17 heavy (non-hydrogen) atoms. The Morgan fingerprint density at radius 2 is 1.82 bits per heavy atom. The quantitative estimate of drug-likeness (QED) is 0.618. The van der Waals surface area contributed by atoms with Crippen LogP contribution >= 0.6 is 15.9 Å². The van der Waals surface area contributed by atoms with Crippen LogP contribution in [-0.4, -0.2) is 5.97 Å². The van der Waals surface area contributed by atoms with Gasteiger partial charge in [-0.3, -0.25) is 0 Å². The van der Waals surface area contributed by atoms with Crippen LogP contribution in [0.1, 0.15) is 15.9 Å². The van der Waals surface area contributed by atoms with Gasteiger partial charge in [0.05, 0.1) is 5.56 Å². The summed E-state index contributed by atoms with van der Waals surface area (Å²) in [5, 5.41) is 0. The van der Waals surface area contributed by atoms with Crippen LogP contribution in [0.25, 0.3) is 0 Å². The van der Waals surface area contributed by atoms with Gasteiger partial charge in [0, 0.05) is 4.47 Å². The molecule has 0 amide bonds. The lowest BCUT2D eigenvalue weighted by atomic mass is 10.2. The summed E-state index contributed by atoms with van der Waals surface area (Å²) in [6.45, 7) is 1.90. The molecule has 0 aliphatic carbocycles. The summed E-state index contributed by atoms with van der Waals surface area (Å²) in [7, 11) is 0. The number of ether oxygens (including phenoxy) is 1. The standard InChI is InChI=1S/C14H11BrO2/c1-10-9-12(15)7-8-13(10)17-14(16)11-5-3-2-4-6-11/h2-9H,1H3. The van der Waals surface area contributed by atoms with Gasteiger partial charge in [-0.2, -0.15) is 0 Å². The zero-order valence-corrected chi connectivity index (χ0v) is 10.9. The fourth-order valence-electron chi connectivity index (χ4n) is 1.46. The number of benzene rings is 2. The molecule has 2 rings (SSSR count). The van der Waals surface area contributed by atoms with Crippen molar-refractivity contribution in [2.75, 3.05) is 0 Å². The van der Waals surface area contributed by atoms with Gasteiger partial charge in [-0.05, 0) is 42.8 Å². The van der Waals surface area contributed by atoms with Gasteiger partial charge < -0.3 is 4.74 Å². The van der Waals surface area contributed by atoms with Crippen LogP contribution in [0.15, 0.2) is 53.0 Å². The van der Waals surface area contributed by atoms with E-state index in [4.69, 9.17) is 4.74 Å². The molecular weight excluding hydrogens is 280 g/mol. The highest BCUT2D eigenvalue weighted by Gasteiger charge is 2.09. The second-order valence-corrected chi connectivity index (χ2v) is 4.58. The lowest BCUT2D eigenvalue weighted by molar-refractivity contribution is 0.0733. The van der Waals surface area contributed by atoms with Gasteiger partial charge >= 0.3 is 5.97 Å². The second kappa shape index (κ2) is 5.15. The first-order chi connectivity index (χ1) is 8.16. The number of hydrogen-bond acceptors (Lipinski definition) is 2. The number of hydrogen-bond donors (Lipinski definition) is 0. The van der Waals surface area contributed by atoms with Gasteiger partial charge in [0.2, 0.25) is 0 Å². The highest BCUT2D eigenvalue weighted by Crippen LogP contribution is 2.22. The molecule has 0 unspecified atom stereocenters. The van der Waals surface area contributed by atoms with Crippen molar-refractivity contribution in [2.24, 2.45) is 0 Å².